The van der Waals surface area contributed by atoms with Crippen molar-refractivity contribution in [2.45, 2.75) is 24.5 Å². The third-order valence-electron chi connectivity index (χ3n) is 2.57. The Hall–Kier alpha value is -1.60. The molecule has 5 nitrogen and oxygen atoms in total. The molecule has 0 spiro atoms. The minimum atomic E-state index is -1.26. The third-order valence-corrected chi connectivity index (χ3v) is 4.65. The number of carbonyl (C=O) groups is 1. The van der Waals surface area contributed by atoms with E-state index in [1.54, 1.807) is 6.92 Å². The fraction of sp³-hybridized carbons (Fsp3) is 0.308. The average Bonchev–Trinajstić information content (AvgIpc) is 2.88. The lowest BCUT2D eigenvalue weighted by atomic mass is 10.2. The van der Waals surface area contributed by atoms with Crippen molar-refractivity contribution in [3.8, 4) is 0 Å². The van der Waals surface area contributed by atoms with Crippen LogP contribution in [0, 0.1) is 6.92 Å². The highest BCUT2D eigenvalue weighted by atomic mass is 32.2. The fourth-order valence-corrected chi connectivity index (χ4v) is 3.27. The van der Waals surface area contributed by atoms with Crippen LogP contribution in [0.5, 0.6) is 0 Å². The molecule has 1 aromatic heterocycles. The molecular formula is C13H14N2O3S2. The maximum Gasteiger partial charge on any atom is 0.351 e. The number of aryl methyl sites for hydroxylation is 1. The molecule has 7 heteroatoms. The lowest BCUT2D eigenvalue weighted by Gasteiger charge is -2.03. The van der Waals surface area contributed by atoms with Crippen molar-refractivity contribution in [1.29, 1.82) is 0 Å². The van der Waals surface area contributed by atoms with E-state index in [1.165, 1.54) is 0 Å². The molecule has 0 saturated carbocycles. The molecule has 0 amide bonds. The van der Waals surface area contributed by atoms with Gasteiger partial charge in [-0.25, -0.2) is 4.79 Å². The quantitative estimate of drug-likeness (QED) is 0.793. The first-order chi connectivity index (χ1) is 9.61. The van der Waals surface area contributed by atoms with Crippen molar-refractivity contribution in [2.24, 2.45) is 0 Å². The second-order valence-electron chi connectivity index (χ2n) is 4.07. The van der Waals surface area contributed by atoms with Gasteiger partial charge in [-0.1, -0.05) is 22.2 Å². The first-order valence-corrected chi connectivity index (χ1v) is 8.14. The van der Waals surface area contributed by atoms with E-state index in [4.69, 9.17) is 4.74 Å². The van der Waals surface area contributed by atoms with Gasteiger partial charge in [0.1, 0.15) is 5.69 Å². The SMILES string of the molecule is CCOC(=O)c1snnc1CS(=O)c1ccc(C)cc1. The summed E-state index contributed by atoms with van der Waals surface area (Å²) in [6.45, 7) is 3.99. The highest BCUT2D eigenvalue weighted by molar-refractivity contribution is 7.84. The van der Waals surface area contributed by atoms with Crippen molar-refractivity contribution in [1.82, 2.24) is 9.59 Å². The largest absolute Gasteiger partial charge is 0.462 e. The van der Waals surface area contributed by atoms with E-state index in [-0.39, 0.29) is 12.4 Å². The molecule has 0 fully saturated rings. The topological polar surface area (TPSA) is 69.2 Å². The van der Waals surface area contributed by atoms with Gasteiger partial charge in [-0.05, 0) is 37.5 Å². The summed E-state index contributed by atoms with van der Waals surface area (Å²) >= 11 is 0.967. The van der Waals surface area contributed by atoms with Crippen LogP contribution in [-0.2, 0) is 21.3 Å². The molecule has 2 aromatic rings. The van der Waals surface area contributed by atoms with Gasteiger partial charge in [-0.3, -0.25) is 4.21 Å². The summed E-state index contributed by atoms with van der Waals surface area (Å²) in [4.78, 5) is 12.7. The van der Waals surface area contributed by atoms with Gasteiger partial charge in [-0.15, -0.1) is 5.10 Å². The lowest BCUT2D eigenvalue weighted by Crippen LogP contribution is -2.07. The summed E-state index contributed by atoms with van der Waals surface area (Å²) in [6, 6.07) is 7.43. The van der Waals surface area contributed by atoms with E-state index in [1.807, 2.05) is 31.2 Å². The van der Waals surface area contributed by atoms with Gasteiger partial charge in [0.15, 0.2) is 4.88 Å². The zero-order valence-electron chi connectivity index (χ0n) is 11.2. The Morgan fingerprint density at radius 1 is 1.35 bits per heavy atom. The first kappa shape index (κ1) is 14.8. The highest BCUT2D eigenvalue weighted by Crippen LogP contribution is 2.18. The molecule has 0 saturated heterocycles. The Morgan fingerprint density at radius 3 is 2.70 bits per heavy atom. The van der Waals surface area contributed by atoms with Gasteiger partial charge in [0.25, 0.3) is 0 Å². The summed E-state index contributed by atoms with van der Waals surface area (Å²) in [5.41, 5.74) is 1.53. The van der Waals surface area contributed by atoms with E-state index in [9.17, 15) is 9.00 Å². The van der Waals surface area contributed by atoms with Crippen LogP contribution >= 0.6 is 11.5 Å². The molecule has 2 rings (SSSR count). The molecule has 20 heavy (non-hydrogen) atoms. The van der Waals surface area contributed by atoms with E-state index in [0.29, 0.717) is 15.5 Å². The molecule has 0 N–H and O–H groups in total. The maximum absolute atomic E-state index is 12.3. The van der Waals surface area contributed by atoms with Crippen LogP contribution in [0.4, 0.5) is 0 Å². The average molecular weight is 310 g/mol. The Bertz CT molecular complexity index is 623. The summed E-state index contributed by atoms with van der Waals surface area (Å²) < 4.78 is 20.9. The van der Waals surface area contributed by atoms with Crippen molar-refractivity contribution in [3.05, 3.63) is 40.4 Å². The molecule has 0 bridgehead atoms. The highest BCUT2D eigenvalue weighted by Gasteiger charge is 2.19. The van der Waals surface area contributed by atoms with Crippen molar-refractivity contribution >= 4 is 28.3 Å². The minimum absolute atomic E-state index is 0.160. The number of aromatic nitrogens is 2. The van der Waals surface area contributed by atoms with Crippen molar-refractivity contribution < 1.29 is 13.7 Å². The van der Waals surface area contributed by atoms with E-state index < -0.39 is 16.8 Å². The molecule has 1 unspecified atom stereocenters. The number of nitrogens with zero attached hydrogens (tertiary/aromatic N) is 2. The van der Waals surface area contributed by atoms with Crippen LogP contribution in [0.15, 0.2) is 29.2 Å². The number of carbonyl (C=O) groups excluding carboxylic acids is 1. The van der Waals surface area contributed by atoms with Gasteiger partial charge in [0.05, 0.1) is 23.2 Å². The molecule has 106 valence electrons. The zero-order valence-corrected chi connectivity index (χ0v) is 12.8. The number of hydrogen-bond donors (Lipinski definition) is 0. The Balaban J connectivity index is 2.14. The van der Waals surface area contributed by atoms with E-state index in [2.05, 4.69) is 9.59 Å². The molecule has 1 heterocycles. The van der Waals surface area contributed by atoms with E-state index >= 15 is 0 Å². The monoisotopic (exact) mass is 310 g/mol. The molecule has 0 aliphatic heterocycles. The normalized spacial score (nSPS) is 12.1. The molecule has 1 atom stereocenters. The van der Waals surface area contributed by atoms with Crippen LogP contribution < -0.4 is 0 Å². The van der Waals surface area contributed by atoms with Crippen LogP contribution in [0.3, 0.4) is 0 Å². The fourth-order valence-electron chi connectivity index (χ4n) is 1.55. The van der Waals surface area contributed by atoms with Crippen LogP contribution in [0.1, 0.15) is 27.9 Å². The predicted octanol–water partition coefficient (Wildman–Crippen LogP) is 2.33. The summed E-state index contributed by atoms with van der Waals surface area (Å²) in [5.74, 6) is -0.299. The molecular weight excluding hydrogens is 296 g/mol. The predicted molar refractivity (Wildman–Crippen MR) is 77.2 cm³/mol. The lowest BCUT2D eigenvalue weighted by molar-refractivity contribution is 0.0531. The number of esters is 1. The second-order valence-corrected chi connectivity index (χ2v) is 6.28. The zero-order chi connectivity index (χ0) is 14.5. The van der Waals surface area contributed by atoms with Gasteiger partial charge in [0, 0.05) is 4.90 Å². The van der Waals surface area contributed by atoms with Crippen molar-refractivity contribution in [3.63, 3.8) is 0 Å². The van der Waals surface area contributed by atoms with Crippen molar-refractivity contribution in [2.75, 3.05) is 6.61 Å². The van der Waals surface area contributed by atoms with Gasteiger partial charge >= 0.3 is 5.97 Å². The third kappa shape index (κ3) is 3.49. The summed E-state index contributed by atoms with van der Waals surface area (Å²) in [6.07, 6.45) is 0. The van der Waals surface area contributed by atoms with E-state index in [0.717, 1.165) is 17.1 Å². The smallest absolute Gasteiger partial charge is 0.351 e. The van der Waals surface area contributed by atoms with Crippen LogP contribution in [0.2, 0.25) is 0 Å². The molecule has 0 aliphatic rings. The molecule has 1 aromatic carbocycles. The van der Waals surface area contributed by atoms with Gasteiger partial charge < -0.3 is 4.74 Å². The van der Waals surface area contributed by atoms with Gasteiger partial charge in [0.2, 0.25) is 0 Å². The summed E-state index contributed by atoms with van der Waals surface area (Å²) in [5, 5.41) is 3.88. The Kier molecular flexibility index (Phi) is 4.97. The number of rotatable bonds is 5. The Morgan fingerprint density at radius 2 is 2.05 bits per heavy atom. The van der Waals surface area contributed by atoms with Crippen LogP contribution in [0.25, 0.3) is 0 Å². The Labute approximate surface area is 123 Å². The first-order valence-electron chi connectivity index (χ1n) is 6.05. The van der Waals surface area contributed by atoms with Gasteiger partial charge in [-0.2, -0.15) is 0 Å². The summed E-state index contributed by atoms with van der Waals surface area (Å²) in [7, 11) is -1.26. The minimum Gasteiger partial charge on any atom is -0.462 e. The maximum atomic E-state index is 12.3. The standard InChI is InChI=1S/C13H14N2O3S2/c1-3-18-13(16)12-11(14-15-19-12)8-20(17)10-6-4-9(2)5-7-10/h4-7H,3,8H2,1-2H3. The molecule has 0 aliphatic carbocycles. The second kappa shape index (κ2) is 6.71. The van der Waals surface area contributed by atoms with Crippen LogP contribution in [-0.4, -0.2) is 26.4 Å². The molecule has 0 radical (unpaired) electrons. The number of ether oxygens (including phenoxy) is 1. The number of hydrogen-bond acceptors (Lipinski definition) is 6. The number of benzene rings is 1.